The van der Waals surface area contributed by atoms with Gasteiger partial charge in [0.2, 0.25) is 5.91 Å². The fraction of sp³-hybridized carbons (Fsp3) is 0.440. The number of amides is 1. The average molecular weight is 451 g/mol. The van der Waals surface area contributed by atoms with Crippen molar-refractivity contribution in [3.63, 3.8) is 0 Å². The molecule has 2 heterocycles. The Kier molecular flexibility index (Phi) is 6.94. The lowest BCUT2D eigenvalue weighted by molar-refractivity contribution is -0.133. The molecule has 1 atom stereocenters. The summed E-state index contributed by atoms with van der Waals surface area (Å²) in [7, 11) is 0. The van der Waals surface area contributed by atoms with Crippen LogP contribution in [0.1, 0.15) is 51.5 Å². The van der Waals surface area contributed by atoms with Crippen LogP contribution in [0.25, 0.3) is 16.7 Å². The first-order valence-corrected chi connectivity index (χ1v) is 12.3. The van der Waals surface area contributed by atoms with Crippen LogP contribution in [0.2, 0.25) is 0 Å². The molecule has 0 spiro atoms. The summed E-state index contributed by atoms with van der Waals surface area (Å²) in [6.07, 6.45) is 7.50. The number of pyridine rings is 1. The Hall–Kier alpha value is -2.67. The second-order valence-corrected chi connectivity index (χ2v) is 9.73. The maximum atomic E-state index is 13.4. The van der Waals surface area contributed by atoms with Crippen molar-refractivity contribution >= 4 is 28.6 Å². The van der Waals surface area contributed by atoms with E-state index in [0.29, 0.717) is 34.5 Å². The Morgan fingerprint density at radius 3 is 2.62 bits per heavy atom. The van der Waals surface area contributed by atoms with Gasteiger partial charge in [-0.3, -0.25) is 9.59 Å². The summed E-state index contributed by atoms with van der Waals surface area (Å²) in [5.41, 5.74) is 1.47. The zero-order valence-corrected chi connectivity index (χ0v) is 19.8. The maximum Gasteiger partial charge on any atom is 0.267 e. The first-order chi connectivity index (χ1) is 15.5. The maximum absolute atomic E-state index is 13.4. The molecule has 6 nitrogen and oxygen atoms in total. The SMILES string of the molecule is CCN(C(=O)C(C)Sc1nc2ccccc2c(=O)n1-c1ccc(C)cn1)C1CCCCC1. The largest absolute Gasteiger partial charge is 0.339 e. The Morgan fingerprint density at radius 2 is 1.94 bits per heavy atom. The smallest absolute Gasteiger partial charge is 0.267 e. The minimum absolute atomic E-state index is 0.107. The number of nitrogens with zero attached hydrogens (tertiary/aromatic N) is 4. The van der Waals surface area contributed by atoms with E-state index in [0.717, 1.165) is 18.4 Å². The van der Waals surface area contributed by atoms with Gasteiger partial charge in [0.15, 0.2) is 5.16 Å². The summed E-state index contributed by atoms with van der Waals surface area (Å²) in [5, 5.41) is 0.669. The number of para-hydroxylation sites is 1. The third-order valence-electron chi connectivity index (χ3n) is 6.14. The minimum atomic E-state index is -0.360. The first kappa shape index (κ1) is 22.5. The zero-order valence-electron chi connectivity index (χ0n) is 19.0. The molecule has 0 aliphatic heterocycles. The molecule has 32 heavy (non-hydrogen) atoms. The highest BCUT2D eigenvalue weighted by atomic mass is 32.2. The quantitative estimate of drug-likeness (QED) is 0.400. The van der Waals surface area contributed by atoms with Crippen molar-refractivity contribution in [3.05, 3.63) is 58.5 Å². The van der Waals surface area contributed by atoms with Gasteiger partial charge < -0.3 is 4.90 Å². The van der Waals surface area contributed by atoms with Crippen molar-refractivity contribution < 1.29 is 4.79 Å². The Labute approximate surface area is 193 Å². The van der Waals surface area contributed by atoms with Crippen molar-refractivity contribution in [3.8, 4) is 5.82 Å². The molecule has 1 fully saturated rings. The molecule has 1 unspecified atom stereocenters. The number of thioether (sulfide) groups is 1. The van der Waals surface area contributed by atoms with Gasteiger partial charge in [0.25, 0.3) is 5.56 Å². The number of aryl methyl sites for hydroxylation is 1. The second-order valence-electron chi connectivity index (χ2n) is 8.42. The summed E-state index contributed by atoms with van der Waals surface area (Å²) in [6.45, 7) is 6.61. The van der Waals surface area contributed by atoms with Gasteiger partial charge in [0.05, 0.1) is 16.2 Å². The second kappa shape index (κ2) is 9.86. The molecule has 4 rings (SSSR count). The first-order valence-electron chi connectivity index (χ1n) is 11.4. The van der Waals surface area contributed by atoms with Crippen LogP contribution < -0.4 is 5.56 Å². The van der Waals surface area contributed by atoms with Crippen LogP contribution in [-0.4, -0.2) is 43.2 Å². The normalized spacial score (nSPS) is 15.6. The number of benzene rings is 1. The number of fused-ring (bicyclic) bond motifs is 1. The van der Waals surface area contributed by atoms with Crippen LogP contribution in [0.4, 0.5) is 0 Å². The van der Waals surface area contributed by atoms with Crippen molar-refractivity contribution in [1.29, 1.82) is 0 Å². The third-order valence-corrected chi connectivity index (χ3v) is 7.18. The van der Waals surface area contributed by atoms with E-state index in [1.165, 1.54) is 35.6 Å². The van der Waals surface area contributed by atoms with Crippen LogP contribution in [0.5, 0.6) is 0 Å². The predicted molar refractivity (Wildman–Crippen MR) is 129 cm³/mol. The molecular formula is C25H30N4O2S. The van der Waals surface area contributed by atoms with Gasteiger partial charge in [-0.05, 0) is 57.4 Å². The monoisotopic (exact) mass is 450 g/mol. The van der Waals surface area contributed by atoms with Crippen LogP contribution in [0.15, 0.2) is 52.5 Å². The van der Waals surface area contributed by atoms with E-state index in [1.807, 2.05) is 56.0 Å². The number of carbonyl (C=O) groups is 1. The molecule has 1 amide bonds. The fourth-order valence-corrected chi connectivity index (χ4v) is 5.40. The van der Waals surface area contributed by atoms with Crippen molar-refractivity contribution in [2.45, 2.75) is 69.3 Å². The molecule has 1 aliphatic rings. The van der Waals surface area contributed by atoms with Crippen LogP contribution in [0.3, 0.4) is 0 Å². The van der Waals surface area contributed by atoms with Crippen molar-refractivity contribution in [2.75, 3.05) is 6.54 Å². The standard InChI is InChI=1S/C25H30N4O2S/c1-4-28(19-10-6-5-7-11-19)23(30)18(3)32-25-27-21-13-9-8-12-20(21)24(31)29(25)22-15-14-17(2)16-26-22/h8-9,12-16,18-19H,4-7,10-11H2,1-3H3. The van der Waals surface area contributed by atoms with Crippen LogP contribution in [-0.2, 0) is 4.79 Å². The molecular weight excluding hydrogens is 420 g/mol. The third kappa shape index (κ3) is 4.58. The van der Waals surface area contributed by atoms with E-state index in [1.54, 1.807) is 12.3 Å². The molecule has 2 aromatic heterocycles. The topological polar surface area (TPSA) is 68.1 Å². The Balaban J connectivity index is 1.71. The highest BCUT2D eigenvalue weighted by Crippen LogP contribution is 2.28. The van der Waals surface area contributed by atoms with E-state index >= 15 is 0 Å². The number of hydrogen-bond acceptors (Lipinski definition) is 5. The molecule has 0 N–H and O–H groups in total. The summed E-state index contributed by atoms with van der Waals surface area (Å²) in [6, 6.07) is 11.4. The molecule has 3 aromatic rings. The molecule has 1 aromatic carbocycles. The highest BCUT2D eigenvalue weighted by Gasteiger charge is 2.29. The lowest BCUT2D eigenvalue weighted by Crippen LogP contribution is -2.44. The summed E-state index contributed by atoms with van der Waals surface area (Å²) in [4.78, 5) is 38.0. The summed E-state index contributed by atoms with van der Waals surface area (Å²) < 4.78 is 1.53. The van der Waals surface area contributed by atoms with E-state index < -0.39 is 0 Å². The molecule has 1 saturated carbocycles. The number of carbonyl (C=O) groups excluding carboxylic acids is 1. The van der Waals surface area contributed by atoms with Crippen LogP contribution >= 0.6 is 11.8 Å². The van der Waals surface area contributed by atoms with E-state index in [-0.39, 0.29) is 16.7 Å². The van der Waals surface area contributed by atoms with Crippen molar-refractivity contribution in [2.24, 2.45) is 0 Å². The Bertz CT molecular complexity index is 1150. The molecule has 1 aliphatic carbocycles. The summed E-state index contributed by atoms with van der Waals surface area (Å²) in [5.74, 6) is 0.621. The van der Waals surface area contributed by atoms with Gasteiger partial charge in [-0.1, -0.05) is 49.2 Å². The van der Waals surface area contributed by atoms with Gasteiger partial charge in [0, 0.05) is 18.8 Å². The van der Waals surface area contributed by atoms with Crippen molar-refractivity contribution in [1.82, 2.24) is 19.4 Å². The highest BCUT2D eigenvalue weighted by molar-refractivity contribution is 8.00. The summed E-state index contributed by atoms with van der Waals surface area (Å²) >= 11 is 1.33. The predicted octanol–water partition coefficient (Wildman–Crippen LogP) is 4.75. The fourth-order valence-electron chi connectivity index (χ4n) is 4.41. The molecule has 0 bridgehead atoms. The molecule has 0 radical (unpaired) electrons. The van der Waals surface area contributed by atoms with Gasteiger partial charge in [-0.25, -0.2) is 14.5 Å². The number of aromatic nitrogens is 3. The molecule has 168 valence electrons. The number of rotatable bonds is 6. The lowest BCUT2D eigenvalue weighted by Gasteiger charge is -2.35. The van der Waals surface area contributed by atoms with Gasteiger partial charge in [-0.2, -0.15) is 0 Å². The van der Waals surface area contributed by atoms with E-state index in [9.17, 15) is 9.59 Å². The number of hydrogen-bond donors (Lipinski definition) is 0. The van der Waals surface area contributed by atoms with Gasteiger partial charge in [0.1, 0.15) is 5.82 Å². The van der Waals surface area contributed by atoms with Gasteiger partial charge >= 0.3 is 0 Å². The molecule has 0 saturated heterocycles. The van der Waals surface area contributed by atoms with E-state index in [2.05, 4.69) is 4.98 Å². The average Bonchev–Trinajstić information content (AvgIpc) is 2.81. The Morgan fingerprint density at radius 1 is 1.19 bits per heavy atom. The zero-order chi connectivity index (χ0) is 22.7. The lowest BCUT2D eigenvalue weighted by atomic mass is 9.94. The van der Waals surface area contributed by atoms with E-state index in [4.69, 9.17) is 4.98 Å². The minimum Gasteiger partial charge on any atom is -0.339 e. The molecule has 7 heteroatoms. The van der Waals surface area contributed by atoms with Crippen LogP contribution in [0, 0.1) is 6.92 Å². The van der Waals surface area contributed by atoms with Gasteiger partial charge in [-0.15, -0.1) is 0 Å².